The fourth-order valence-corrected chi connectivity index (χ4v) is 5.15. The minimum absolute atomic E-state index is 0.0995. The Labute approximate surface area is 107 Å². The van der Waals surface area contributed by atoms with Gasteiger partial charge in [0.2, 0.25) is 10.0 Å². The van der Waals surface area contributed by atoms with Crippen molar-refractivity contribution in [2.24, 2.45) is 11.8 Å². The van der Waals surface area contributed by atoms with E-state index in [1.54, 1.807) is 13.8 Å². The van der Waals surface area contributed by atoms with Crippen LogP contribution in [0, 0.1) is 25.7 Å². The fourth-order valence-electron chi connectivity index (χ4n) is 3.51. The molecule has 0 aromatic carbocycles. The van der Waals surface area contributed by atoms with Crippen LogP contribution in [0.2, 0.25) is 0 Å². The van der Waals surface area contributed by atoms with Gasteiger partial charge in [0.05, 0.1) is 0 Å². The van der Waals surface area contributed by atoms with E-state index in [1.165, 1.54) is 12.8 Å². The number of rotatable bonds is 3. The van der Waals surface area contributed by atoms with Crippen LogP contribution in [0.4, 0.5) is 0 Å². The first-order valence-corrected chi connectivity index (χ1v) is 7.91. The zero-order chi connectivity index (χ0) is 12.9. The minimum atomic E-state index is -3.49. The summed E-state index contributed by atoms with van der Waals surface area (Å²) in [6, 6.07) is 0.0995. The first-order valence-electron chi connectivity index (χ1n) is 6.42. The maximum Gasteiger partial charge on any atom is 0.246 e. The monoisotopic (exact) mass is 270 g/mol. The van der Waals surface area contributed by atoms with Crippen molar-refractivity contribution >= 4 is 10.0 Å². The molecule has 0 radical (unpaired) electrons. The Morgan fingerprint density at radius 3 is 2.56 bits per heavy atom. The van der Waals surface area contributed by atoms with E-state index >= 15 is 0 Å². The van der Waals surface area contributed by atoms with E-state index in [9.17, 15) is 8.42 Å². The third-order valence-electron chi connectivity index (χ3n) is 4.28. The highest BCUT2D eigenvalue weighted by Crippen LogP contribution is 2.44. The molecule has 1 aromatic heterocycles. The quantitative estimate of drug-likeness (QED) is 0.908. The number of hydrogen-bond donors (Lipinski definition) is 1. The molecule has 3 rings (SSSR count). The summed E-state index contributed by atoms with van der Waals surface area (Å²) in [7, 11) is -3.49. The predicted molar refractivity (Wildman–Crippen MR) is 65.5 cm³/mol. The summed E-state index contributed by atoms with van der Waals surface area (Å²) in [6.07, 6.45) is 4.57. The molecule has 1 aromatic rings. The first kappa shape index (κ1) is 12.2. The molecule has 0 aliphatic heterocycles. The highest BCUT2D eigenvalue weighted by atomic mass is 32.2. The van der Waals surface area contributed by atoms with Gasteiger partial charge in [0.1, 0.15) is 10.6 Å². The molecule has 3 atom stereocenters. The van der Waals surface area contributed by atoms with E-state index in [-0.39, 0.29) is 10.9 Å². The second kappa shape index (κ2) is 4.06. The molecule has 0 amide bonds. The van der Waals surface area contributed by atoms with Crippen LogP contribution in [-0.4, -0.2) is 19.6 Å². The van der Waals surface area contributed by atoms with E-state index < -0.39 is 10.0 Å². The van der Waals surface area contributed by atoms with Crippen LogP contribution in [0.1, 0.15) is 37.1 Å². The summed E-state index contributed by atoms with van der Waals surface area (Å²) < 4.78 is 32.5. The van der Waals surface area contributed by atoms with Gasteiger partial charge in [-0.05, 0) is 44.9 Å². The van der Waals surface area contributed by atoms with E-state index in [0.29, 0.717) is 23.3 Å². The number of sulfonamides is 1. The van der Waals surface area contributed by atoms with Crippen molar-refractivity contribution in [1.29, 1.82) is 0 Å². The molecule has 0 spiro atoms. The normalized spacial score (nSPS) is 31.1. The molecule has 1 N–H and O–H groups in total. The van der Waals surface area contributed by atoms with Crippen LogP contribution in [0.3, 0.4) is 0 Å². The van der Waals surface area contributed by atoms with Crippen molar-refractivity contribution in [1.82, 2.24) is 9.88 Å². The lowest BCUT2D eigenvalue weighted by molar-refractivity contribution is 0.386. The average Bonchev–Trinajstić information content (AvgIpc) is 2.93. The maximum atomic E-state index is 12.4. The number of fused-ring (bicyclic) bond motifs is 2. The molecule has 2 bridgehead atoms. The highest BCUT2D eigenvalue weighted by Gasteiger charge is 2.42. The Morgan fingerprint density at radius 1 is 1.28 bits per heavy atom. The first-order chi connectivity index (χ1) is 8.47. The highest BCUT2D eigenvalue weighted by molar-refractivity contribution is 7.89. The summed E-state index contributed by atoms with van der Waals surface area (Å²) in [4.78, 5) is 0.213. The maximum absolute atomic E-state index is 12.4. The topological polar surface area (TPSA) is 72.2 Å². The molecular weight excluding hydrogens is 252 g/mol. The summed E-state index contributed by atoms with van der Waals surface area (Å²) in [5.41, 5.74) is 0.433. The fraction of sp³-hybridized carbons (Fsp3) is 0.750. The van der Waals surface area contributed by atoms with Gasteiger partial charge in [0.15, 0.2) is 5.76 Å². The lowest BCUT2D eigenvalue weighted by Gasteiger charge is -2.22. The Hall–Kier alpha value is -0.880. The third-order valence-corrected chi connectivity index (χ3v) is 6.01. The van der Waals surface area contributed by atoms with Crippen molar-refractivity contribution in [3.05, 3.63) is 11.5 Å². The summed E-state index contributed by atoms with van der Waals surface area (Å²) >= 11 is 0. The van der Waals surface area contributed by atoms with Crippen LogP contribution in [-0.2, 0) is 10.0 Å². The number of nitrogens with one attached hydrogen (secondary N) is 1. The zero-order valence-corrected chi connectivity index (χ0v) is 11.5. The van der Waals surface area contributed by atoms with Gasteiger partial charge in [-0.25, -0.2) is 13.1 Å². The lowest BCUT2D eigenvalue weighted by atomic mass is 9.96. The van der Waals surface area contributed by atoms with Crippen LogP contribution < -0.4 is 4.72 Å². The van der Waals surface area contributed by atoms with Crippen molar-refractivity contribution < 1.29 is 12.9 Å². The number of nitrogens with zero attached hydrogens (tertiary/aromatic N) is 1. The van der Waals surface area contributed by atoms with Crippen molar-refractivity contribution in [3.63, 3.8) is 0 Å². The average molecular weight is 270 g/mol. The number of aryl methyl sites for hydroxylation is 2. The van der Waals surface area contributed by atoms with Gasteiger partial charge in [-0.3, -0.25) is 0 Å². The smallest absolute Gasteiger partial charge is 0.246 e. The molecule has 6 heteroatoms. The minimum Gasteiger partial charge on any atom is -0.360 e. The molecule has 2 saturated carbocycles. The molecular formula is C12H18N2O3S. The Balaban J connectivity index is 1.84. The van der Waals surface area contributed by atoms with Crippen LogP contribution in [0.5, 0.6) is 0 Å². The van der Waals surface area contributed by atoms with Gasteiger partial charge in [-0.15, -0.1) is 0 Å². The summed E-state index contributed by atoms with van der Waals surface area (Å²) in [6.45, 7) is 3.29. The van der Waals surface area contributed by atoms with Gasteiger partial charge in [-0.1, -0.05) is 11.6 Å². The van der Waals surface area contributed by atoms with Gasteiger partial charge in [0, 0.05) is 6.04 Å². The van der Waals surface area contributed by atoms with Crippen molar-refractivity contribution in [3.8, 4) is 0 Å². The summed E-state index contributed by atoms with van der Waals surface area (Å²) in [5, 5.41) is 3.71. The standard InChI is InChI=1S/C12H18N2O3S/c1-7-12(8(2)17-13-7)18(15,16)14-11-6-9-3-4-10(11)5-9/h9-11,14H,3-6H2,1-2H3/t9-,10+,11-/m0/s1. The Kier molecular flexibility index (Phi) is 2.75. The largest absolute Gasteiger partial charge is 0.360 e. The van der Waals surface area contributed by atoms with E-state index in [4.69, 9.17) is 4.52 Å². The summed E-state index contributed by atoms with van der Waals surface area (Å²) in [5.74, 6) is 1.60. The SMILES string of the molecule is Cc1noc(C)c1S(=O)(=O)N[C@H]1C[C@H]2CC[C@@H]1C2. The molecule has 5 nitrogen and oxygen atoms in total. The Morgan fingerprint density at radius 2 is 2.06 bits per heavy atom. The Bertz CT molecular complexity index is 544. The molecule has 2 fully saturated rings. The van der Waals surface area contributed by atoms with E-state index in [1.807, 2.05) is 0 Å². The van der Waals surface area contributed by atoms with Crippen molar-refractivity contribution in [2.45, 2.75) is 50.5 Å². The van der Waals surface area contributed by atoms with E-state index in [2.05, 4.69) is 9.88 Å². The zero-order valence-electron chi connectivity index (χ0n) is 10.6. The molecule has 2 aliphatic rings. The molecule has 100 valence electrons. The van der Waals surface area contributed by atoms with Gasteiger partial charge >= 0.3 is 0 Å². The van der Waals surface area contributed by atoms with Crippen molar-refractivity contribution in [2.75, 3.05) is 0 Å². The lowest BCUT2D eigenvalue weighted by Crippen LogP contribution is -2.38. The number of aromatic nitrogens is 1. The molecule has 1 heterocycles. The van der Waals surface area contributed by atoms with Gasteiger partial charge in [0.25, 0.3) is 0 Å². The van der Waals surface area contributed by atoms with E-state index in [0.717, 1.165) is 12.8 Å². The molecule has 0 saturated heterocycles. The predicted octanol–water partition coefficient (Wildman–Crippen LogP) is 1.76. The second-order valence-electron chi connectivity index (χ2n) is 5.56. The second-order valence-corrected chi connectivity index (χ2v) is 7.21. The molecule has 18 heavy (non-hydrogen) atoms. The molecule has 2 aliphatic carbocycles. The van der Waals surface area contributed by atoms with Gasteiger partial charge < -0.3 is 4.52 Å². The van der Waals surface area contributed by atoms with Crippen LogP contribution >= 0.6 is 0 Å². The molecule has 0 unspecified atom stereocenters. The van der Waals surface area contributed by atoms with Crippen LogP contribution in [0.25, 0.3) is 0 Å². The third kappa shape index (κ3) is 1.87. The van der Waals surface area contributed by atoms with Crippen LogP contribution in [0.15, 0.2) is 9.42 Å². The van der Waals surface area contributed by atoms with Gasteiger partial charge in [-0.2, -0.15) is 0 Å². The number of hydrogen-bond acceptors (Lipinski definition) is 4.